The van der Waals surface area contributed by atoms with Crippen molar-refractivity contribution in [2.75, 3.05) is 11.4 Å². The van der Waals surface area contributed by atoms with Crippen molar-refractivity contribution < 1.29 is 14.3 Å². The van der Waals surface area contributed by atoms with E-state index in [1.807, 2.05) is 11.8 Å². The summed E-state index contributed by atoms with van der Waals surface area (Å²) in [5.74, 6) is -0.316. The van der Waals surface area contributed by atoms with Crippen LogP contribution < -0.4 is 10.2 Å². The molecule has 1 aliphatic heterocycles. The van der Waals surface area contributed by atoms with Crippen LogP contribution in [0.15, 0.2) is 70.8 Å². The number of fused-ring (bicyclic) bond motifs is 1. The number of nitrogens with zero attached hydrogens (tertiary/aromatic N) is 3. The van der Waals surface area contributed by atoms with Crippen molar-refractivity contribution in [3.8, 4) is 6.07 Å². The quantitative estimate of drug-likeness (QED) is 0.506. The summed E-state index contributed by atoms with van der Waals surface area (Å²) < 4.78 is 14.0. The average molecular weight is 507 g/mol. The van der Waals surface area contributed by atoms with Gasteiger partial charge in [-0.1, -0.05) is 24.3 Å². The van der Waals surface area contributed by atoms with Crippen LogP contribution >= 0.6 is 15.9 Å². The number of nitrogens with one attached hydrogen (secondary N) is 1. The molecule has 0 fully saturated rings. The van der Waals surface area contributed by atoms with Crippen molar-refractivity contribution in [3.63, 3.8) is 0 Å². The molecule has 0 bridgehead atoms. The molecule has 0 saturated heterocycles. The summed E-state index contributed by atoms with van der Waals surface area (Å²) in [4.78, 5) is 19.5. The number of carbonyl (C=O) groups is 1. The molecule has 8 heteroatoms. The highest BCUT2D eigenvalue weighted by Gasteiger charge is 2.30. The van der Waals surface area contributed by atoms with Crippen LogP contribution in [-0.4, -0.2) is 22.5 Å². The van der Waals surface area contributed by atoms with Gasteiger partial charge in [0.2, 0.25) is 0 Å². The van der Waals surface area contributed by atoms with Crippen LogP contribution in [0.4, 0.5) is 10.2 Å². The van der Waals surface area contributed by atoms with E-state index in [4.69, 9.17) is 5.26 Å². The predicted octanol–water partition coefficient (Wildman–Crippen LogP) is 5.02. The minimum Gasteiger partial charge on any atom is -0.507 e. The third-order valence-corrected chi connectivity index (χ3v) is 5.90. The van der Waals surface area contributed by atoms with Gasteiger partial charge in [0, 0.05) is 17.2 Å². The van der Waals surface area contributed by atoms with Crippen LogP contribution in [0.1, 0.15) is 35.2 Å². The van der Waals surface area contributed by atoms with Crippen LogP contribution in [0.2, 0.25) is 0 Å². The van der Waals surface area contributed by atoms with Gasteiger partial charge in [0.25, 0.3) is 5.91 Å². The van der Waals surface area contributed by atoms with Gasteiger partial charge in [-0.15, -0.1) is 0 Å². The summed E-state index contributed by atoms with van der Waals surface area (Å²) in [6.07, 6.45) is 1.63. The van der Waals surface area contributed by atoms with Crippen molar-refractivity contribution in [1.29, 1.82) is 5.26 Å². The highest BCUT2D eigenvalue weighted by Crippen LogP contribution is 2.34. The molecule has 4 rings (SSSR count). The van der Waals surface area contributed by atoms with Crippen LogP contribution in [0, 0.1) is 17.1 Å². The molecule has 1 atom stereocenters. The van der Waals surface area contributed by atoms with Gasteiger partial charge in [-0.2, -0.15) is 5.26 Å². The molecule has 1 amide bonds. The zero-order chi connectivity index (χ0) is 23.5. The van der Waals surface area contributed by atoms with Crippen LogP contribution in [0.25, 0.3) is 5.76 Å². The van der Waals surface area contributed by atoms with Crippen molar-refractivity contribution >= 4 is 33.4 Å². The number of pyridine rings is 1. The second kappa shape index (κ2) is 9.43. The van der Waals surface area contributed by atoms with Crippen molar-refractivity contribution in [2.24, 2.45) is 0 Å². The number of anilines is 1. The number of halogens is 2. The molecule has 2 aromatic carbocycles. The fourth-order valence-corrected chi connectivity index (χ4v) is 4.03. The average Bonchev–Trinajstić information content (AvgIpc) is 2.82. The monoisotopic (exact) mass is 506 g/mol. The number of nitriles is 1. The molecule has 0 spiro atoms. The Kier molecular flexibility index (Phi) is 6.43. The minimum absolute atomic E-state index is 0.126. The smallest absolute Gasteiger partial charge is 0.253 e. The molecule has 3 aromatic rings. The number of aromatic nitrogens is 1. The molecule has 33 heavy (non-hydrogen) atoms. The number of rotatable bonds is 5. The van der Waals surface area contributed by atoms with Crippen molar-refractivity contribution in [1.82, 2.24) is 10.3 Å². The first-order chi connectivity index (χ1) is 15.9. The first kappa shape index (κ1) is 22.5. The van der Waals surface area contributed by atoms with E-state index in [-0.39, 0.29) is 29.7 Å². The van der Waals surface area contributed by atoms with Crippen LogP contribution in [0.3, 0.4) is 0 Å². The third-order valence-electron chi connectivity index (χ3n) is 5.47. The maximum absolute atomic E-state index is 13.3. The molecule has 0 aliphatic carbocycles. The summed E-state index contributed by atoms with van der Waals surface area (Å²) >= 11 is 3.37. The van der Waals surface area contributed by atoms with E-state index in [9.17, 15) is 14.3 Å². The Morgan fingerprint density at radius 3 is 2.64 bits per heavy atom. The van der Waals surface area contributed by atoms with Gasteiger partial charge in [0.1, 0.15) is 17.4 Å². The van der Waals surface area contributed by atoms with Crippen molar-refractivity contribution in [3.05, 3.63) is 98.9 Å². The number of aliphatic hydroxyl groups excluding tert-OH is 1. The number of benzene rings is 2. The number of hydrogen-bond donors (Lipinski definition) is 2. The fourth-order valence-electron chi connectivity index (χ4n) is 3.70. The Morgan fingerprint density at radius 2 is 1.97 bits per heavy atom. The largest absolute Gasteiger partial charge is 0.507 e. The first-order valence-electron chi connectivity index (χ1n) is 10.2. The lowest BCUT2D eigenvalue weighted by Gasteiger charge is -2.31. The lowest BCUT2D eigenvalue weighted by molar-refractivity contribution is -0.118. The Morgan fingerprint density at radius 1 is 1.27 bits per heavy atom. The summed E-state index contributed by atoms with van der Waals surface area (Å²) in [6, 6.07) is 16.5. The van der Waals surface area contributed by atoms with Gasteiger partial charge >= 0.3 is 0 Å². The summed E-state index contributed by atoms with van der Waals surface area (Å²) in [7, 11) is 0. The molecule has 6 nitrogen and oxygen atoms in total. The highest BCUT2D eigenvalue weighted by molar-refractivity contribution is 9.10. The summed E-state index contributed by atoms with van der Waals surface area (Å²) in [5.41, 5.74) is 2.88. The molecular weight excluding hydrogens is 487 g/mol. The molecule has 2 N–H and O–H groups in total. The number of aliphatic hydroxyl groups is 1. The van der Waals surface area contributed by atoms with Crippen molar-refractivity contribution in [2.45, 2.75) is 19.5 Å². The van der Waals surface area contributed by atoms with Gasteiger partial charge in [-0.05, 0) is 64.3 Å². The zero-order valence-electron chi connectivity index (χ0n) is 17.7. The molecule has 166 valence electrons. The van der Waals surface area contributed by atoms with E-state index in [1.54, 1.807) is 48.7 Å². The van der Waals surface area contributed by atoms with Gasteiger partial charge in [0.05, 0.1) is 35.4 Å². The van der Waals surface area contributed by atoms with E-state index in [2.05, 4.69) is 32.3 Å². The fraction of sp³-hybridized carbons (Fsp3) is 0.160. The lowest BCUT2D eigenvalue weighted by Crippen LogP contribution is -2.38. The lowest BCUT2D eigenvalue weighted by atomic mass is 10.0. The molecule has 2 heterocycles. The number of amides is 1. The molecular formula is C25H20BrFN4O2. The van der Waals surface area contributed by atoms with E-state index in [0.29, 0.717) is 28.0 Å². The standard InChI is InChI=1S/C25H20BrFN4O2/c1-15(18-6-2-16(11-28)3-7-18)30-25(33)22-14-31(13-17-4-8-20(27)9-5-17)24-21(23(22)32)10-19(26)12-29-24/h2-10,12,15,32H,13-14H2,1H3,(H,30,33). The van der Waals surface area contributed by atoms with Crippen LogP contribution in [0.5, 0.6) is 0 Å². The van der Waals surface area contributed by atoms with Gasteiger partial charge in [-0.3, -0.25) is 4.79 Å². The van der Waals surface area contributed by atoms with Gasteiger partial charge in [-0.25, -0.2) is 9.37 Å². The second-order valence-electron chi connectivity index (χ2n) is 7.76. The van der Waals surface area contributed by atoms with Gasteiger partial charge < -0.3 is 15.3 Å². The molecule has 0 radical (unpaired) electrons. The zero-order valence-corrected chi connectivity index (χ0v) is 19.3. The SMILES string of the molecule is CC(NC(=O)C1=C(O)c2cc(Br)cnc2N(Cc2ccc(F)cc2)C1)c1ccc(C#N)cc1. The van der Waals surface area contributed by atoms with E-state index < -0.39 is 5.91 Å². The number of carbonyl (C=O) groups excluding carboxylic acids is 1. The van der Waals surface area contributed by atoms with E-state index >= 15 is 0 Å². The van der Waals surface area contributed by atoms with E-state index in [0.717, 1.165) is 11.1 Å². The minimum atomic E-state index is -0.404. The molecule has 1 unspecified atom stereocenters. The maximum atomic E-state index is 13.3. The normalized spacial score (nSPS) is 13.8. The first-order valence-corrected chi connectivity index (χ1v) is 11.0. The Balaban J connectivity index is 1.62. The Bertz CT molecular complexity index is 1270. The second-order valence-corrected chi connectivity index (χ2v) is 8.68. The maximum Gasteiger partial charge on any atom is 0.253 e. The predicted molar refractivity (Wildman–Crippen MR) is 127 cm³/mol. The molecule has 1 aliphatic rings. The number of hydrogen-bond acceptors (Lipinski definition) is 5. The summed E-state index contributed by atoms with van der Waals surface area (Å²) in [5, 5.41) is 22.8. The third kappa shape index (κ3) is 4.89. The molecule has 0 saturated carbocycles. The topological polar surface area (TPSA) is 89.2 Å². The Hall–Kier alpha value is -3.70. The van der Waals surface area contributed by atoms with Gasteiger partial charge in [0.15, 0.2) is 0 Å². The Labute approximate surface area is 199 Å². The highest BCUT2D eigenvalue weighted by atomic mass is 79.9. The van der Waals surface area contributed by atoms with Crippen LogP contribution in [-0.2, 0) is 11.3 Å². The van der Waals surface area contributed by atoms with E-state index in [1.165, 1.54) is 12.1 Å². The summed E-state index contributed by atoms with van der Waals surface area (Å²) in [6.45, 7) is 2.36. The molecule has 1 aromatic heterocycles.